The molecule has 9 aromatic carbocycles. The van der Waals surface area contributed by atoms with E-state index in [0.717, 1.165) is 55.3 Å². The Kier molecular flexibility index (Phi) is 7.78. The number of hydrogen-bond donors (Lipinski definition) is 0. The molecule has 11 aromatic rings. The van der Waals surface area contributed by atoms with Crippen LogP contribution in [0.3, 0.4) is 0 Å². The molecule has 0 saturated carbocycles. The Hall–Kier alpha value is -7.69. The first kappa shape index (κ1) is 32.7. The van der Waals surface area contributed by atoms with Crippen LogP contribution in [-0.2, 0) is 0 Å². The second-order valence-electron chi connectivity index (χ2n) is 14.5. The summed E-state index contributed by atoms with van der Waals surface area (Å²) < 4.78 is 2.40. The van der Waals surface area contributed by atoms with Crippen LogP contribution in [0.25, 0.3) is 105 Å². The first-order valence-corrected chi connectivity index (χ1v) is 19.3. The quantitative estimate of drug-likeness (QED) is 0.171. The molecule has 2 heterocycles. The summed E-state index contributed by atoms with van der Waals surface area (Å²) in [4.78, 5) is 15.6. The highest BCUT2D eigenvalue weighted by molar-refractivity contribution is 6.10. The first-order valence-electron chi connectivity index (χ1n) is 19.3. The van der Waals surface area contributed by atoms with Gasteiger partial charge in [0.25, 0.3) is 0 Å². The SMILES string of the molecule is c1ccc(-c2cccc(-c3ccc(-c4nc(-c5ccc6ccccc6c5)nc(-c5ccc6ccccc6c5)n4)cc3-n3c4ccccc4c4ccccc43)c2)cc1. The molecule has 0 atom stereocenters. The van der Waals surface area contributed by atoms with E-state index in [9.17, 15) is 0 Å². The summed E-state index contributed by atoms with van der Waals surface area (Å²) >= 11 is 0. The number of hydrogen-bond acceptors (Lipinski definition) is 3. The summed E-state index contributed by atoms with van der Waals surface area (Å²) in [6.07, 6.45) is 0. The summed E-state index contributed by atoms with van der Waals surface area (Å²) in [5.41, 5.74) is 10.7. The lowest BCUT2D eigenvalue weighted by atomic mass is 9.96. The van der Waals surface area contributed by atoms with Crippen molar-refractivity contribution < 1.29 is 0 Å². The maximum absolute atomic E-state index is 5.24. The number of rotatable bonds is 6. The zero-order chi connectivity index (χ0) is 37.7. The Morgan fingerprint density at radius 3 is 1.33 bits per heavy atom. The third kappa shape index (κ3) is 5.83. The predicted molar refractivity (Wildman–Crippen MR) is 236 cm³/mol. The van der Waals surface area contributed by atoms with Gasteiger partial charge < -0.3 is 4.57 Å². The van der Waals surface area contributed by atoms with Gasteiger partial charge in [-0.25, -0.2) is 15.0 Å². The van der Waals surface area contributed by atoms with Crippen LogP contribution in [0.2, 0.25) is 0 Å². The van der Waals surface area contributed by atoms with E-state index in [1.54, 1.807) is 0 Å². The maximum atomic E-state index is 5.24. The van der Waals surface area contributed by atoms with E-state index in [4.69, 9.17) is 15.0 Å². The molecule has 266 valence electrons. The van der Waals surface area contributed by atoms with Gasteiger partial charge >= 0.3 is 0 Å². The summed E-state index contributed by atoms with van der Waals surface area (Å²) in [7, 11) is 0. The molecule has 0 amide bonds. The standard InChI is InChI=1S/C53H34N4/c1-2-13-35(14-3-1)40-19-12-20-41(31-40)45-30-29-44(34-50(45)57-48-23-10-8-21-46(48)47-22-9-11-24-49(47)57)53-55-51(42-27-25-36-15-4-6-17-38(36)32-42)54-52(56-53)43-28-26-37-16-5-7-18-39(37)33-43/h1-34H. The molecule has 0 unspecified atom stereocenters. The van der Waals surface area contributed by atoms with Crippen LogP contribution in [0, 0.1) is 0 Å². The van der Waals surface area contributed by atoms with Crippen molar-refractivity contribution in [3.05, 3.63) is 206 Å². The van der Waals surface area contributed by atoms with Gasteiger partial charge in [-0.2, -0.15) is 0 Å². The van der Waals surface area contributed by atoms with Crippen molar-refractivity contribution in [1.82, 2.24) is 19.5 Å². The largest absolute Gasteiger partial charge is 0.309 e. The smallest absolute Gasteiger partial charge is 0.164 e. The predicted octanol–water partition coefficient (Wildman–Crippen LogP) is 13.6. The van der Waals surface area contributed by atoms with Gasteiger partial charge in [0.2, 0.25) is 0 Å². The van der Waals surface area contributed by atoms with Crippen LogP contribution in [0.4, 0.5) is 0 Å². The summed E-state index contributed by atoms with van der Waals surface area (Å²) in [6.45, 7) is 0. The second kappa shape index (κ2) is 13.6. The van der Waals surface area contributed by atoms with Gasteiger partial charge in [0.05, 0.1) is 16.7 Å². The lowest BCUT2D eigenvalue weighted by molar-refractivity contribution is 1.07. The molecular weight excluding hydrogens is 693 g/mol. The fraction of sp³-hybridized carbons (Fsp3) is 0. The topological polar surface area (TPSA) is 43.6 Å². The van der Waals surface area contributed by atoms with Crippen molar-refractivity contribution in [2.45, 2.75) is 0 Å². The lowest BCUT2D eigenvalue weighted by Crippen LogP contribution is -2.02. The van der Waals surface area contributed by atoms with E-state index in [0.29, 0.717) is 17.5 Å². The van der Waals surface area contributed by atoms with Crippen LogP contribution < -0.4 is 0 Å². The number of fused-ring (bicyclic) bond motifs is 5. The average Bonchev–Trinajstić information content (AvgIpc) is 3.63. The normalized spacial score (nSPS) is 11.5. The van der Waals surface area contributed by atoms with Crippen LogP contribution in [0.15, 0.2) is 206 Å². The minimum Gasteiger partial charge on any atom is -0.309 e. The van der Waals surface area contributed by atoms with Crippen molar-refractivity contribution in [3.63, 3.8) is 0 Å². The zero-order valence-electron chi connectivity index (χ0n) is 30.9. The van der Waals surface area contributed by atoms with Gasteiger partial charge in [0, 0.05) is 33.0 Å². The highest BCUT2D eigenvalue weighted by Gasteiger charge is 2.19. The van der Waals surface area contributed by atoms with Crippen LogP contribution >= 0.6 is 0 Å². The van der Waals surface area contributed by atoms with E-state index in [-0.39, 0.29) is 0 Å². The zero-order valence-corrected chi connectivity index (χ0v) is 30.9. The van der Waals surface area contributed by atoms with Gasteiger partial charge in [-0.3, -0.25) is 0 Å². The first-order chi connectivity index (χ1) is 28.2. The Morgan fingerprint density at radius 2 is 0.737 bits per heavy atom. The van der Waals surface area contributed by atoms with Gasteiger partial charge in [-0.1, -0.05) is 170 Å². The molecule has 0 N–H and O–H groups in total. The van der Waals surface area contributed by atoms with Crippen LogP contribution in [-0.4, -0.2) is 19.5 Å². The van der Waals surface area contributed by atoms with Crippen molar-refractivity contribution >= 4 is 43.4 Å². The molecule has 0 aliphatic rings. The molecule has 0 radical (unpaired) electrons. The number of para-hydroxylation sites is 2. The Balaban J connectivity index is 1.16. The molecule has 0 aliphatic heterocycles. The summed E-state index contributed by atoms with van der Waals surface area (Å²) in [5.74, 6) is 1.88. The lowest BCUT2D eigenvalue weighted by Gasteiger charge is -2.17. The number of benzene rings is 9. The maximum Gasteiger partial charge on any atom is 0.164 e. The highest BCUT2D eigenvalue weighted by atomic mass is 15.0. The average molecular weight is 727 g/mol. The van der Waals surface area contributed by atoms with Crippen molar-refractivity contribution in [2.75, 3.05) is 0 Å². The van der Waals surface area contributed by atoms with E-state index >= 15 is 0 Å². The van der Waals surface area contributed by atoms with Crippen molar-refractivity contribution in [3.8, 4) is 62.1 Å². The third-order valence-electron chi connectivity index (χ3n) is 11.0. The minimum atomic E-state index is 0.614. The van der Waals surface area contributed by atoms with Crippen molar-refractivity contribution in [1.29, 1.82) is 0 Å². The molecule has 57 heavy (non-hydrogen) atoms. The molecule has 4 nitrogen and oxygen atoms in total. The van der Waals surface area contributed by atoms with E-state index in [2.05, 4.69) is 211 Å². The molecule has 0 spiro atoms. The molecule has 0 aliphatic carbocycles. The van der Waals surface area contributed by atoms with Crippen molar-refractivity contribution in [2.24, 2.45) is 0 Å². The molecule has 0 bridgehead atoms. The fourth-order valence-corrected chi connectivity index (χ4v) is 8.20. The fourth-order valence-electron chi connectivity index (χ4n) is 8.20. The van der Waals surface area contributed by atoms with Gasteiger partial charge in [-0.15, -0.1) is 0 Å². The Labute approximate surface area is 330 Å². The molecule has 0 saturated heterocycles. The monoisotopic (exact) mass is 726 g/mol. The Bertz CT molecular complexity index is 3160. The molecular formula is C53H34N4. The van der Waals surface area contributed by atoms with Gasteiger partial charge in [-0.05, 0) is 74.6 Å². The van der Waals surface area contributed by atoms with Gasteiger partial charge in [0.15, 0.2) is 17.5 Å². The van der Waals surface area contributed by atoms with E-state index < -0.39 is 0 Å². The van der Waals surface area contributed by atoms with Crippen LogP contribution in [0.1, 0.15) is 0 Å². The number of nitrogens with zero attached hydrogens (tertiary/aromatic N) is 4. The molecule has 11 rings (SSSR count). The highest BCUT2D eigenvalue weighted by Crippen LogP contribution is 2.39. The summed E-state index contributed by atoms with van der Waals surface area (Å²) in [6, 6.07) is 73.0. The molecule has 4 heteroatoms. The second-order valence-corrected chi connectivity index (χ2v) is 14.5. The van der Waals surface area contributed by atoms with Crippen LogP contribution in [0.5, 0.6) is 0 Å². The molecule has 2 aromatic heterocycles. The van der Waals surface area contributed by atoms with E-state index in [1.165, 1.54) is 32.7 Å². The third-order valence-corrected chi connectivity index (χ3v) is 11.0. The van der Waals surface area contributed by atoms with E-state index in [1.807, 2.05) is 0 Å². The molecule has 0 fully saturated rings. The Morgan fingerprint density at radius 1 is 0.281 bits per heavy atom. The van der Waals surface area contributed by atoms with Gasteiger partial charge in [0.1, 0.15) is 0 Å². The summed E-state index contributed by atoms with van der Waals surface area (Å²) in [5, 5.41) is 7.04. The number of aromatic nitrogens is 4. The minimum absolute atomic E-state index is 0.614.